The van der Waals surface area contributed by atoms with Crippen molar-refractivity contribution in [3.63, 3.8) is 0 Å². The van der Waals surface area contributed by atoms with E-state index in [0.29, 0.717) is 30.1 Å². The zero-order chi connectivity index (χ0) is 25.1. The minimum Gasteiger partial charge on any atom is -0.444 e. The molecule has 0 radical (unpaired) electrons. The van der Waals surface area contributed by atoms with E-state index in [4.69, 9.17) is 16.3 Å². The van der Waals surface area contributed by atoms with E-state index in [-0.39, 0.29) is 17.5 Å². The highest BCUT2D eigenvalue weighted by Crippen LogP contribution is 2.42. The van der Waals surface area contributed by atoms with E-state index in [1.54, 1.807) is 9.80 Å². The molecule has 1 N–H and O–H groups in total. The number of anilines is 1. The first-order valence-corrected chi connectivity index (χ1v) is 12.1. The molecule has 182 valence electrons. The fourth-order valence-electron chi connectivity index (χ4n) is 5.03. The Morgan fingerprint density at radius 3 is 2.53 bits per heavy atom. The molecule has 2 aromatic carbocycles. The average Bonchev–Trinajstić information content (AvgIpc) is 3.24. The molecule has 0 saturated carbocycles. The Labute approximate surface area is 207 Å². The minimum absolute atomic E-state index is 0.0124. The van der Waals surface area contributed by atoms with Gasteiger partial charge in [-0.25, -0.2) is 4.79 Å². The maximum Gasteiger partial charge on any atom is 0.410 e. The Kier molecular flexibility index (Phi) is 5.88. The van der Waals surface area contributed by atoms with Gasteiger partial charge in [0, 0.05) is 29.9 Å². The number of ether oxygens (including phenoxy) is 1. The first-order chi connectivity index (χ1) is 15.7. The molecule has 0 bridgehead atoms. The highest BCUT2D eigenvalue weighted by molar-refractivity contribution is 6.31. The molecule has 2 heterocycles. The Hall–Kier alpha value is -2.73. The smallest absolute Gasteiger partial charge is 0.410 e. The number of fused-ring (bicyclic) bond motifs is 1. The number of benzene rings is 2. The monoisotopic (exact) mass is 483 g/mol. The van der Waals surface area contributed by atoms with Crippen LogP contribution >= 0.6 is 11.6 Å². The summed E-state index contributed by atoms with van der Waals surface area (Å²) in [4.78, 5) is 29.3. The van der Waals surface area contributed by atoms with Crippen LogP contribution in [0.15, 0.2) is 36.4 Å². The van der Waals surface area contributed by atoms with Crippen LogP contribution in [-0.4, -0.2) is 47.5 Å². The van der Waals surface area contributed by atoms with Gasteiger partial charge in [-0.05, 0) is 82.9 Å². The van der Waals surface area contributed by atoms with Crippen LogP contribution in [0, 0.1) is 6.92 Å². The van der Waals surface area contributed by atoms with E-state index in [1.807, 2.05) is 65.1 Å². The highest BCUT2D eigenvalue weighted by Gasteiger charge is 2.45. The Morgan fingerprint density at radius 1 is 1.15 bits per heavy atom. The van der Waals surface area contributed by atoms with Gasteiger partial charge in [0.25, 0.3) is 5.91 Å². The molecule has 0 spiro atoms. The van der Waals surface area contributed by atoms with Gasteiger partial charge in [-0.15, -0.1) is 0 Å². The minimum atomic E-state index is -0.569. The fraction of sp³-hybridized carbons (Fsp3) is 0.481. The quantitative estimate of drug-likeness (QED) is 0.588. The van der Waals surface area contributed by atoms with Crippen molar-refractivity contribution in [2.75, 3.05) is 25.5 Å². The fourth-order valence-corrected chi connectivity index (χ4v) is 5.21. The van der Waals surface area contributed by atoms with Crippen molar-refractivity contribution >= 4 is 29.3 Å². The molecule has 1 atom stereocenters. The SMILES string of the molecule is Cc1c(Cl)cccc1C1(Nc2ccc3c(c2)C(=O)N(C)C3(C)C)CCN(C(=O)OC(C)(C)C)C1. The van der Waals surface area contributed by atoms with Gasteiger partial charge < -0.3 is 19.9 Å². The summed E-state index contributed by atoms with van der Waals surface area (Å²) in [5, 5.41) is 4.38. The normalized spacial score (nSPS) is 21.6. The average molecular weight is 484 g/mol. The molecule has 2 amide bonds. The van der Waals surface area contributed by atoms with Gasteiger partial charge in [0.05, 0.1) is 17.6 Å². The summed E-state index contributed by atoms with van der Waals surface area (Å²) in [6, 6.07) is 11.8. The Morgan fingerprint density at radius 2 is 1.85 bits per heavy atom. The first-order valence-electron chi connectivity index (χ1n) is 11.7. The molecule has 1 unspecified atom stereocenters. The predicted molar refractivity (Wildman–Crippen MR) is 135 cm³/mol. The Bertz CT molecular complexity index is 1150. The van der Waals surface area contributed by atoms with Crippen molar-refractivity contribution in [1.29, 1.82) is 0 Å². The van der Waals surface area contributed by atoms with E-state index in [9.17, 15) is 9.59 Å². The number of likely N-dealkylation sites (tertiary alicyclic amines) is 1. The van der Waals surface area contributed by atoms with Gasteiger partial charge in [0.1, 0.15) is 5.60 Å². The van der Waals surface area contributed by atoms with Crippen molar-refractivity contribution < 1.29 is 14.3 Å². The first kappa shape index (κ1) is 24.4. The number of carbonyl (C=O) groups excluding carboxylic acids is 2. The lowest BCUT2D eigenvalue weighted by molar-refractivity contribution is 0.0286. The topological polar surface area (TPSA) is 61.9 Å². The van der Waals surface area contributed by atoms with E-state index in [0.717, 1.165) is 22.4 Å². The van der Waals surface area contributed by atoms with E-state index in [1.165, 1.54) is 0 Å². The van der Waals surface area contributed by atoms with Crippen LogP contribution < -0.4 is 5.32 Å². The second-order valence-electron chi connectivity index (χ2n) is 11.0. The van der Waals surface area contributed by atoms with Crippen LogP contribution in [0.3, 0.4) is 0 Å². The van der Waals surface area contributed by atoms with Crippen molar-refractivity contribution in [2.45, 2.75) is 64.6 Å². The van der Waals surface area contributed by atoms with Gasteiger partial charge in [-0.3, -0.25) is 4.79 Å². The molecule has 6 nitrogen and oxygen atoms in total. The molecule has 1 saturated heterocycles. The largest absolute Gasteiger partial charge is 0.444 e. The lowest BCUT2D eigenvalue weighted by Crippen LogP contribution is -2.42. The van der Waals surface area contributed by atoms with Gasteiger partial charge in [-0.1, -0.05) is 29.8 Å². The summed E-state index contributed by atoms with van der Waals surface area (Å²) in [6.07, 6.45) is 0.354. The zero-order valence-electron chi connectivity index (χ0n) is 21.1. The Balaban J connectivity index is 1.72. The second-order valence-corrected chi connectivity index (χ2v) is 11.4. The number of nitrogens with one attached hydrogen (secondary N) is 1. The zero-order valence-corrected chi connectivity index (χ0v) is 21.8. The lowest BCUT2D eigenvalue weighted by Gasteiger charge is -2.34. The standard InChI is InChI=1S/C27H34ClN3O3/c1-17-20(9-8-10-22(17)28)27(13-14-31(16-27)24(33)34-25(2,3)4)29-18-11-12-21-19(15-18)23(32)30(7)26(21,5)6/h8-12,15,29H,13-14,16H2,1-7H3. The van der Waals surface area contributed by atoms with Crippen LogP contribution in [0.25, 0.3) is 0 Å². The third kappa shape index (κ3) is 4.13. The molecular formula is C27H34ClN3O3. The lowest BCUT2D eigenvalue weighted by atomic mass is 9.85. The number of nitrogens with zero attached hydrogens (tertiary/aromatic N) is 2. The number of amides is 2. The van der Waals surface area contributed by atoms with Crippen LogP contribution in [0.4, 0.5) is 10.5 Å². The van der Waals surface area contributed by atoms with Crippen LogP contribution in [0.2, 0.25) is 5.02 Å². The van der Waals surface area contributed by atoms with Crippen LogP contribution in [0.5, 0.6) is 0 Å². The number of hydrogen-bond donors (Lipinski definition) is 1. The maximum atomic E-state index is 12.9. The molecule has 7 heteroatoms. The van der Waals surface area contributed by atoms with Gasteiger partial charge in [0.15, 0.2) is 0 Å². The highest BCUT2D eigenvalue weighted by atomic mass is 35.5. The third-order valence-electron chi connectivity index (χ3n) is 7.14. The van der Waals surface area contributed by atoms with E-state index >= 15 is 0 Å². The van der Waals surface area contributed by atoms with Gasteiger partial charge in [0.2, 0.25) is 0 Å². The van der Waals surface area contributed by atoms with Gasteiger partial charge in [-0.2, -0.15) is 0 Å². The summed E-state index contributed by atoms with van der Waals surface area (Å²) in [7, 11) is 1.84. The maximum absolute atomic E-state index is 12.9. The number of hydrogen-bond acceptors (Lipinski definition) is 4. The molecule has 0 aliphatic carbocycles. The summed E-state index contributed by atoms with van der Waals surface area (Å²) < 4.78 is 5.65. The molecular weight excluding hydrogens is 450 g/mol. The molecule has 2 aliphatic rings. The second kappa shape index (κ2) is 8.19. The molecule has 1 fully saturated rings. The van der Waals surface area contributed by atoms with Crippen molar-refractivity contribution in [1.82, 2.24) is 9.80 Å². The third-order valence-corrected chi connectivity index (χ3v) is 7.55. The number of rotatable bonds is 3. The van der Waals surface area contributed by atoms with Gasteiger partial charge >= 0.3 is 6.09 Å². The van der Waals surface area contributed by atoms with Crippen LogP contribution in [0.1, 0.15) is 68.1 Å². The van der Waals surface area contributed by atoms with E-state index < -0.39 is 11.1 Å². The number of halogens is 1. The summed E-state index contributed by atoms with van der Waals surface area (Å²) in [5.41, 5.74) is 3.08. The number of carbonyl (C=O) groups is 2. The molecule has 2 aliphatic heterocycles. The van der Waals surface area contributed by atoms with E-state index in [2.05, 4.69) is 25.2 Å². The molecule has 2 aromatic rings. The molecule has 34 heavy (non-hydrogen) atoms. The summed E-state index contributed by atoms with van der Waals surface area (Å²) >= 11 is 6.50. The van der Waals surface area contributed by atoms with Crippen LogP contribution in [-0.2, 0) is 15.8 Å². The van der Waals surface area contributed by atoms with Crippen molar-refractivity contribution in [2.24, 2.45) is 0 Å². The predicted octanol–water partition coefficient (Wildman–Crippen LogP) is 5.92. The van der Waals surface area contributed by atoms with Crippen molar-refractivity contribution in [3.05, 3.63) is 63.7 Å². The molecule has 0 aromatic heterocycles. The molecule has 4 rings (SSSR count). The van der Waals surface area contributed by atoms with Crippen molar-refractivity contribution in [3.8, 4) is 0 Å². The summed E-state index contributed by atoms with van der Waals surface area (Å²) in [6.45, 7) is 12.7. The summed E-state index contributed by atoms with van der Waals surface area (Å²) in [5.74, 6) is 0.0124.